The fraction of sp³-hybridized carbons (Fsp3) is 0.350. The van der Waals surface area contributed by atoms with Crippen LogP contribution < -0.4 is 11.1 Å². The van der Waals surface area contributed by atoms with Gasteiger partial charge >= 0.3 is 0 Å². The number of likely N-dealkylation sites (tertiary alicyclic amines) is 1. The van der Waals surface area contributed by atoms with E-state index in [0.29, 0.717) is 12.0 Å². The molecule has 4 nitrogen and oxygen atoms in total. The maximum absolute atomic E-state index is 6.04. The number of aryl methyl sites for hydroxylation is 1. The molecule has 1 aliphatic heterocycles. The van der Waals surface area contributed by atoms with E-state index in [9.17, 15) is 0 Å². The summed E-state index contributed by atoms with van der Waals surface area (Å²) in [7, 11) is 0. The van der Waals surface area contributed by atoms with Crippen molar-refractivity contribution in [3.8, 4) is 0 Å². The fourth-order valence-electron chi connectivity index (χ4n) is 3.16. The molecular formula is C20H27IN4. The van der Waals surface area contributed by atoms with Crippen molar-refractivity contribution in [2.45, 2.75) is 32.4 Å². The van der Waals surface area contributed by atoms with Gasteiger partial charge in [0, 0.05) is 18.3 Å². The zero-order valence-electron chi connectivity index (χ0n) is 14.7. The highest BCUT2D eigenvalue weighted by Crippen LogP contribution is 2.20. The van der Waals surface area contributed by atoms with Gasteiger partial charge in [-0.25, -0.2) is 0 Å². The molecule has 0 spiro atoms. The van der Waals surface area contributed by atoms with Gasteiger partial charge in [-0.1, -0.05) is 48.0 Å². The Morgan fingerprint density at radius 1 is 1.16 bits per heavy atom. The minimum absolute atomic E-state index is 0. The molecule has 0 radical (unpaired) electrons. The number of nitrogens with one attached hydrogen (secondary N) is 1. The van der Waals surface area contributed by atoms with E-state index in [1.807, 2.05) is 12.1 Å². The molecule has 0 aromatic heterocycles. The predicted molar refractivity (Wildman–Crippen MR) is 117 cm³/mol. The molecule has 3 rings (SSSR count). The number of hydrogen-bond donors (Lipinski definition) is 2. The average molecular weight is 450 g/mol. The molecule has 1 unspecified atom stereocenters. The van der Waals surface area contributed by atoms with E-state index >= 15 is 0 Å². The molecule has 1 heterocycles. The topological polar surface area (TPSA) is 53.6 Å². The molecule has 0 saturated carbocycles. The zero-order valence-corrected chi connectivity index (χ0v) is 17.0. The highest BCUT2D eigenvalue weighted by atomic mass is 127. The molecule has 2 aromatic rings. The second-order valence-electron chi connectivity index (χ2n) is 6.47. The van der Waals surface area contributed by atoms with E-state index < -0.39 is 0 Å². The van der Waals surface area contributed by atoms with Crippen LogP contribution in [0.25, 0.3) is 0 Å². The van der Waals surface area contributed by atoms with Gasteiger partial charge in [0.25, 0.3) is 0 Å². The van der Waals surface area contributed by atoms with Crippen LogP contribution in [-0.2, 0) is 6.54 Å². The van der Waals surface area contributed by atoms with Crippen LogP contribution in [-0.4, -0.2) is 30.0 Å². The summed E-state index contributed by atoms with van der Waals surface area (Å²) in [6, 6.07) is 19.3. The first kappa shape index (κ1) is 19.7. The van der Waals surface area contributed by atoms with Gasteiger partial charge in [0.1, 0.15) is 0 Å². The SMILES string of the molecule is Cc1ccc(NC(N)=NCC2CCCN2Cc2ccccc2)cc1.I. The number of nitrogens with zero attached hydrogens (tertiary/aromatic N) is 2. The third kappa shape index (κ3) is 6.01. The Balaban J connectivity index is 0.00000225. The summed E-state index contributed by atoms with van der Waals surface area (Å²) >= 11 is 0. The van der Waals surface area contributed by atoms with E-state index in [1.54, 1.807) is 0 Å². The minimum Gasteiger partial charge on any atom is -0.370 e. The smallest absolute Gasteiger partial charge is 0.193 e. The molecule has 134 valence electrons. The lowest BCUT2D eigenvalue weighted by Gasteiger charge is -2.23. The van der Waals surface area contributed by atoms with Crippen molar-refractivity contribution in [2.75, 3.05) is 18.4 Å². The largest absolute Gasteiger partial charge is 0.370 e. The Morgan fingerprint density at radius 3 is 2.60 bits per heavy atom. The fourth-order valence-corrected chi connectivity index (χ4v) is 3.16. The normalized spacial score (nSPS) is 18.0. The number of aliphatic imine (C=N–C) groups is 1. The van der Waals surface area contributed by atoms with Crippen molar-refractivity contribution in [1.29, 1.82) is 0 Å². The number of hydrogen-bond acceptors (Lipinski definition) is 2. The lowest BCUT2D eigenvalue weighted by atomic mass is 10.2. The van der Waals surface area contributed by atoms with Gasteiger partial charge < -0.3 is 11.1 Å². The van der Waals surface area contributed by atoms with Crippen LogP contribution in [0.4, 0.5) is 5.69 Å². The van der Waals surface area contributed by atoms with Gasteiger partial charge in [0.2, 0.25) is 0 Å². The van der Waals surface area contributed by atoms with Gasteiger partial charge in [-0.05, 0) is 44.0 Å². The zero-order chi connectivity index (χ0) is 16.8. The maximum Gasteiger partial charge on any atom is 0.193 e. The van der Waals surface area contributed by atoms with E-state index in [-0.39, 0.29) is 24.0 Å². The van der Waals surface area contributed by atoms with Gasteiger partial charge in [0.05, 0.1) is 6.54 Å². The molecule has 3 N–H and O–H groups in total. The van der Waals surface area contributed by atoms with E-state index in [4.69, 9.17) is 5.73 Å². The molecule has 1 saturated heterocycles. The van der Waals surface area contributed by atoms with Gasteiger partial charge in [-0.3, -0.25) is 9.89 Å². The monoisotopic (exact) mass is 450 g/mol. The van der Waals surface area contributed by atoms with Crippen molar-refractivity contribution in [3.63, 3.8) is 0 Å². The summed E-state index contributed by atoms with van der Waals surface area (Å²) in [5.74, 6) is 0.491. The standard InChI is InChI=1S/C20H26N4.HI/c1-16-9-11-18(12-10-16)23-20(21)22-14-19-8-5-13-24(19)15-17-6-3-2-4-7-17;/h2-4,6-7,9-12,19H,5,8,13-15H2,1H3,(H3,21,22,23);1H. The Morgan fingerprint density at radius 2 is 1.88 bits per heavy atom. The van der Waals surface area contributed by atoms with Crippen LogP contribution in [0.3, 0.4) is 0 Å². The maximum atomic E-state index is 6.04. The van der Waals surface area contributed by atoms with Crippen LogP contribution in [0.5, 0.6) is 0 Å². The van der Waals surface area contributed by atoms with E-state index in [0.717, 1.165) is 25.3 Å². The average Bonchev–Trinajstić information content (AvgIpc) is 3.03. The third-order valence-corrected chi connectivity index (χ3v) is 4.52. The van der Waals surface area contributed by atoms with Crippen LogP contribution in [0, 0.1) is 6.92 Å². The second-order valence-corrected chi connectivity index (χ2v) is 6.47. The number of guanidine groups is 1. The molecule has 1 fully saturated rings. The number of halogens is 1. The molecule has 1 aliphatic rings. The first-order valence-electron chi connectivity index (χ1n) is 8.62. The highest BCUT2D eigenvalue weighted by molar-refractivity contribution is 14.0. The number of anilines is 1. The molecule has 2 aromatic carbocycles. The summed E-state index contributed by atoms with van der Waals surface area (Å²) in [5.41, 5.74) is 9.62. The molecule has 1 atom stereocenters. The second kappa shape index (κ2) is 9.77. The Hall–Kier alpha value is -1.60. The first-order valence-corrected chi connectivity index (χ1v) is 8.62. The van der Waals surface area contributed by atoms with Crippen LogP contribution in [0.1, 0.15) is 24.0 Å². The van der Waals surface area contributed by atoms with Gasteiger partial charge in [-0.2, -0.15) is 0 Å². The van der Waals surface area contributed by atoms with Crippen LogP contribution in [0.15, 0.2) is 59.6 Å². The van der Waals surface area contributed by atoms with Gasteiger partial charge in [0.15, 0.2) is 5.96 Å². The summed E-state index contributed by atoms with van der Waals surface area (Å²) in [6.07, 6.45) is 2.42. The quantitative estimate of drug-likeness (QED) is 0.411. The molecule has 25 heavy (non-hydrogen) atoms. The summed E-state index contributed by atoms with van der Waals surface area (Å²) < 4.78 is 0. The third-order valence-electron chi connectivity index (χ3n) is 4.52. The Kier molecular flexibility index (Phi) is 7.71. The van der Waals surface area contributed by atoms with E-state index in [1.165, 1.54) is 24.0 Å². The van der Waals surface area contributed by atoms with Crippen molar-refractivity contribution >= 4 is 35.6 Å². The number of rotatable bonds is 5. The molecule has 5 heteroatoms. The van der Waals surface area contributed by atoms with Gasteiger partial charge in [-0.15, -0.1) is 24.0 Å². The van der Waals surface area contributed by atoms with Crippen LogP contribution >= 0.6 is 24.0 Å². The number of nitrogens with two attached hydrogens (primary N) is 1. The summed E-state index contributed by atoms with van der Waals surface area (Å²) in [6.45, 7) is 4.95. The lowest BCUT2D eigenvalue weighted by Crippen LogP contribution is -2.33. The lowest BCUT2D eigenvalue weighted by molar-refractivity contribution is 0.250. The Labute approximate surface area is 167 Å². The minimum atomic E-state index is 0. The van der Waals surface area contributed by atoms with Crippen molar-refractivity contribution in [2.24, 2.45) is 10.7 Å². The summed E-state index contributed by atoms with van der Waals surface area (Å²) in [5, 5.41) is 3.17. The predicted octanol–water partition coefficient (Wildman–Crippen LogP) is 4.00. The first-order chi connectivity index (χ1) is 11.7. The van der Waals surface area contributed by atoms with E-state index in [2.05, 4.69) is 64.6 Å². The molecule has 0 amide bonds. The van der Waals surface area contributed by atoms with Crippen molar-refractivity contribution < 1.29 is 0 Å². The van der Waals surface area contributed by atoms with Crippen molar-refractivity contribution in [3.05, 3.63) is 65.7 Å². The van der Waals surface area contributed by atoms with Crippen LogP contribution in [0.2, 0.25) is 0 Å². The highest BCUT2D eigenvalue weighted by Gasteiger charge is 2.24. The summed E-state index contributed by atoms with van der Waals surface area (Å²) in [4.78, 5) is 7.07. The Bertz CT molecular complexity index is 670. The van der Waals surface area contributed by atoms with Crippen molar-refractivity contribution in [1.82, 2.24) is 4.90 Å². The molecule has 0 aliphatic carbocycles. The number of benzene rings is 2. The molecular weight excluding hydrogens is 423 g/mol. The molecule has 0 bridgehead atoms.